The van der Waals surface area contributed by atoms with E-state index in [1.54, 1.807) is 13.1 Å². The topological polar surface area (TPSA) is 63.0 Å². The lowest BCUT2D eigenvalue weighted by atomic mass is 10.1. The van der Waals surface area contributed by atoms with Crippen molar-refractivity contribution in [2.45, 2.75) is 13.8 Å². The Morgan fingerprint density at radius 1 is 1.40 bits per heavy atom. The summed E-state index contributed by atoms with van der Waals surface area (Å²) in [5.74, 6) is 0. The molecule has 1 N–H and O–H groups in total. The van der Waals surface area contributed by atoms with E-state index in [2.05, 4.69) is 15.3 Å². The highest BCUT2D eigenvalue weighted by atomic mass is 32.1. The van der Waals surface area contributed by atoms with E-state index < -0.39 is 0 Å². The molecule has 0 bridgehead atoms. The molecular weight excluding hydrogens is 272 g/mol. The van der Waals surface area contributed by atoms with Crippen LogP contribution in [0, 0.1) is 11.7 Å². The maximum atomic E-state index is 11.8. The van der Waals surface area contributed by atoms with E-state index in [1.807, 2.05) is 43.3 Å². The Bertz CT molecular complexity index is 772. The molecule has 5 nitrogen and oxygen atoms in total. The summed E-state index contributed by atoms with van der Waals surface area (Å²) in [7, 11) is 0. The van der Waals surface area contributed by atoms with Crippen LogP contribution >= 0.6 is 12.2 Å². The minimum atomic E-state index is -0.322. The molecule has 0 saturated heterocycles. The van der Waals surface area contributed by atoms with Crippen molar-refractivity contribution in [1.82, 2.24) is 14.9 Å². The third kappa shape index (κ3) is 3.36. The molecule has 2 rings (SSSR count). The number of aromatic nitrogens is 3. The molecule has 0 aliphatic heterocycles. The number of nitrogens with zero attached hydrogens (tertiary/aromatic N) is 3. The Balaban J connectivity index is 2.31. The van der Waals surface area contributed by atoms with Crippen LogP contribution in [0.3, 0.4) is 0 Å². The van der Waals surface area contributed by atoms with Gasteiger partial charge in [0.15, 0.2) is 0 Å². The third-order valence-corrected chi connectivity index (χ3v) is 2.85. The fourth-order valence-electron chi connectivity index (χ4n) is 1.58. The van der Waals surface area contributed by atoms with Gasteiger partial charge in [-0.15, -0.1) is 0 Å². The number of hydrogen-bond donors (Lipinski definition) is 1. The maximum absolute atomic E-state index is 11.8. The maximum Gasteiger partial charge on any atom is 0.296 e. The largest absolute Gasteiger partial charge is 0.296 e. The van der Waals surface area contributed by atoms with Gasteiger partial charge in [-0.1, -0.05) is 36.4 Å². The van der Waals surface area contributed by atoms with Crippen LogP contribution in [-0.2, 0) is 0 Å². The Morgan fingerprint density at radius 3 is 2.80 bits per heavy atom. The normalized spacial score (nSPS) is 12.0. The van der Waals surface area contributed by atoms with E-state index in [0.29, 0.717) is 5.69 Å². The van der Waals surface area contributed by atoms with Gasteiger partial charge in [-0.05, 0) is 37.2 Å². The minimum Gasteiger partial charge on any atom is -0.265 e. The zero-order chi connectivity index (χ0) is 14.5. The van der Waals surface area contributed by atoms with Gasteiger partial charge in [-0.25, -0.2) is 0 Å². The standard InChI is InChI=1S/C14H14N4OS/c1-10(8-12-6-4-3-5-7-12)9-15-18-13(19)11(2)16-17-14(18)20/h3-9H,1-2H3,(H,17,20)/b10-8+,15-9?. The van der Waals surface area contributed by atoms with Gasteiger partial charge in [0, 0.05) is 0 Å². The van der Waals surface area contributed by atoms with Crippen molar-refractivity contribution in [3.05, 3.63) is 62.3 Å². The van der Waals surface area contributed by atoms with Crippen molar-refractivity contribution in [2.75, 3.05) is 0 Å². The number of allylic oxidation sites excluding steroid dienone is 1. The van der Waals surface area contributed by atoms with Crippen LogP contribution in [0.1, 0.15) is 18.2 Å². The third-order valence-electron chi connectivity index (χ3n) is 2.58. The van der Waals surface area contributed by atoms with E-state index in [1.165, 1.54) is 0 Å². The van der Waals surface area contributed by atoms with Crippen LogP contribution in [-0.4, -0.2) is 21.1 Å². The molecule has 1 aromatic heterocycles. The summed E-state index contributed by atoms with van der Waals surface area (Å²) in [6.07, 6.45) is 3.56. The Morgan fingerprint density at radius 2 is 2.10 bits per heavy atom. The Kier molecular flexibility index (Phi) is 4.37. The number of aryl methyl sites for hydroxylation is 1. The van der Waals surface area contributed by atoms with E-state index in [-0.39, 0.29) is 10.3 Å². The number of benzene rings is 1. The molecule has 0 radical (unpaired) electrons. The molecule has 0 amide bonds. The molecule has 1 heterocycles. The van der Waals surface area contributed by atoms with Crippen molar-refractivity contribution < 1.29 is 0 Å². The molecule has 20 heavy (non-hydrogen) atoms. The van der Waals surface area contributed by atoms with Crippen LogP contribution in [0.15, 0.2) is 45.8 Å². The van der Waals surface area contributed by atoms with Gasteiger partial charge >= 0.3 is 0 Å². The van der Waals surface area contributed by atoms with Crippen LogP contribution < -0.4 is 5.56 Å². The Labute approximate surface area is 121 Å². The molecule has 0 atom stereocenters. The van der Waals surface area contributed by atoms with Crippen molar-refractivity contribution in [1.29, 1.82) is 0 Å². The van der Waals surface area contributed by atoms with Crippen LogP contribution in [0.2, 0.25) is 0 Å². The second-order valence-electron chi connectivity index (χ2n) is 4.27. The number of hydrogen-bond acceptors (Lipinski definition) is 4. The predicted octanol–water partition coefficient (Wildman–Crippen LogP) is 2.55. The summed E-state index contributed by atoms with van der Waals surface area (Å²) >= 11 is 4.99. The molecule has 0 aliphatic carbocycles. The lowest BCUT2D eigenvalue weighted by Crippen LogP contribution is -2.22. The summed E-state index contributed by atoms with van der Waals surface area (Å²) in [5.41, 5.74) is 1.98. The van der Waals surface area contributed by atoms with E-state index >= 15 is 0 Å². The summed E-state index contributed by atoms with van der Waals surface area (Å²) in [4.78, 5) is 11.8. The first-order valence-corrected chi connectivity index (χ1v) is 6.45. The summed E-state index contributed by atoms with van der Waals surface area (Å²) in [6.45, 7) is 3.51. The van der Waals surface area contributed by atoms with E-state index in [4.69, 9.17) is 12.2 Å². The molecule has 0 saturated carbocycles. The first-order chi connectivity index (χ1) is 9.58. The highest BCUT2D eigenvalue weighted by Crippen LogP contribution is 2.04. The van der Waals surface area contributed by atoms with Crippen LogP contribution in [0.25, 0.3) is 6.08 Å². The van der Waals surface area contributed by atoms with Crippen molar-refractivity contribution in [3.63, 3.8) is 0 Å². The highest BCUT2D eigenvalue weighted by Gasteiger charge is 2.00. The summed E-state index contributed by atoms with van der Waals surface area (Å²) in [5, 5.41) is 10.5. The van der Waals surface area contributed by atoms with Crippen molar-refractivity contribution in [3.8, 4) is 0 Å². The average Bonchev–Trinajstić information content (AvgIpc) is 2.44. The fourth-order valence-corrected chi connectivity index (χ4v) is 1.75. The zero-order valence-electron chi connectivity index (χ0n) is 11.2. The SMILES string of the molecule is C/C(C=Nn1c(=S)[nH]nc(C)c1=O)=C\c1ccccc1. The first-order valence-electron chi connectivity index (χ1n) is 6.04. The number of H-pyrrole nitrogens is 1. The highest BCUT2D eigenvalue weighted by molar-refractivity contribution is 7.71. The van der Waals surface area contributed by atoms with E-state index in [9.17, 15) is 4.79 Å². The number of aromatic amines is 1. The molecule has 0 fully saturated rings. The molecule has 0 unspecified atom stereocenters. The number of rotatable bonds is 3. The lowest BCUT2D eigenvalue weighted by molar-refractivity contribution is 0.720. The molecule has 6 heteroatoms. The summed E-state index contributed by atoms with van der Waals surface area (Å²) in [6, 6.07) is 9.87. The Hall–Kier alpha value is -2.34. The second kappa shape index (κ2) is 6.21. The quantitative estimate of drug-likeness (QED) is 0.696. The van der Waals surface area contributed by atoms with Crippen molar-refractivity contribution >= 4 is 24.5 Å². The van der Waals surface area contributed by atoms with Gasteiger partial charge in [-0.2, -0.15) is 14.9 Å². The van der Waals surface area contributed by atoms with Crippen LogP contribution in [0.4, 0.5) is 0 Å². The van der Waals surface area contributed by atoms with Gasteiger partial charge in [0.2, 0.25) is 4.77 Å². The van der Waals surface area contributed by atoms with E-state index in [0.717, 1.165) is 15.8 Å². The molecule has 1 aromatic carbocycles. The molecule has 2 aromatic rings. The molecule has 0 spiro atoms. The lowest BCUT2D eigenvalue weighted by Gasteiger charge is -1.99. The van der Waals surface area contributed by atoms with Gasteiger partial charge in [0.25, 0.3) is 5.56 Å². The molecular formula is C14H14N4OS. The zero-order valence-corrected chi connectivity index (χ0v) is 12.0. The monoisotopic (exact) mass is 286 g/mol. The van der Waals surface area contributed by atoms with Crippen molar-refractivity contribution in [2.24, 2.45) is 5.10 Å². The number of nitrogens with one attached hydrogen (secondary N) is 1. The van der Waals surface area contributed by atoms with Gasteiger partial charge in [-0.3, -0.25) is 9.89 Å². The summed E-state index contributed by atoms with van der Waals surface area (Å²) < 4.78 is 1.30. The van der Waals surface area contributed by atoms with Gasteiger partial charge in [0.1, 0.15) is 5.69 Å². The second-order valence-corrected chi connectivity index (χ2v) is 4.66. The predicted molar refractivity (Wildman–Crippen MR) is 82.4 cm³/mol. The smallest absolute Gasteiger partial charge is 0.265 e. The van der Waals surface area contributed by atoms with Gasteiger partial charge in [0.05, 0.1) is 6.21 Å². The average molecular weight is 286 g/mol. The van der Waals surface area contributed by atoms with Gasteiger partial charge < -0.3 is 0 Å². The molecule has 102 valence electrons. The first kappa shape index (κ1) is 14.1. The fraction of sp³-hybridized carbons (Fsp3) is 0.143. The minimum absolute atomic E-state index is 0.171. The molecule has 0 aliphatic rings. The van der Waals surface area contributed by atoms with Crippen LogP contribution in [0.5, 0.6) is 0 Å².